The van der Waals surface area contributed by atoms with Crippen LogP contribution in [-0.4, -0.2) is 41.2 Å². The van der Waals surface area contributed by atoms with Crippen LogP contribution in [-0.2, 0) is 9.47 Å². The van der Waals surface area contributed by atoms with Gasteiger partial charge in [-0.3, -0.25) is 0 Å². The minimum Gasteiger partial charge on any atom is -0.389 e. The zero-order valence-corrected chi connectivity index (χ0v) is 15.8. The van der Waals surface area contributed by atoms with Crippen LogP contribution in [0.1, 0.15) is 18.9 Å². The third-order valence-corrected chi connectivity index (χ3v) is 5.07. The van der Waals surface area contributed by atoms with Gasteiger partial charge < -0.3 is 25.3 Å². The maximum absolute atomic E-state index is 9.86. The van der Waals surface area contributed by atoms with Crippen LogP contribution in [0, 0.1) is 11.8 Å². The Bertz CT molecular complexity index is 991. The average molecular weight is 376 g/mol. The molecule has 1 aliphatic heterocycles. The quantitative estimate of drug-likeness (QED) is 0.614. The molecule has 28 heavy (non-hydrogen) atoms. The largest absolute Gasteiger partial charge is 0.389 e. The maximum Gasteiger partial charge on any atom is 0.160 e. The van der Waals surface area contributed by atoms with Gasteiger partial charge in [0.25, 0.3) is 0 Å². The van der Waals surface area contributed by atoms with Crippen LogP contribution in [0.2, 0.25) is 0 Å². The summed E-state index contributed by atoms with van der Waals surface area (Å²) in [7, 11) is 0. The lowest BCUT2D eigenvalue weighted by Gasteiger charge is -2.35. The molecule has 2 heterocycles. The summed E-state index contributed by atoms with van der Waals surface area (Å²) in [6.45, 7) is 2.03. The highest BCUT2D eigenvalue weighted by Gasteiger charge is 2.33. The SMILES string of the molecule is C[C@@H]1O[C@@H](OCC#Cc2c(-c3ccccc3)[nH]c3ccccc23)C[C@H](N)[C@H]1O. The number of fused-ring (bicyclic) bond motifs is 1. The van der Waals surface area contributed by atoms with Crippen molar-refractivity contribution in [1.29, 1.82) is 0 Å². The molecule has 0 aliphatic carbocycles. The highest BCUT2D eigenvalue weighted by Crippen LogP contribution is 2.29. The maximum atomic E-state index is 9.86. The number of hydrogen-bond donors (Lipinski definition) is 3. The minimum absolute atomic E-state index is 0.230. The lowest BCUT2D eigenvalue weighted by atomic mass is 10.0. The molecular formula is C23H24N2O3. The van der Waals surface area contributed by atoms with E-state index in [1.165, 1.54) is 0 Å². The molecule has 1 aliphatic rings. The van der Waals surface area contributed by atoms with E-state index in [1.54, 1.807) is 6.92 Å². The van der Waals surface area contributed by atoms with Crippen LogP contribution in [0.5, 0.6) is 0 Å². The van der Waals surface area contributed by atoms with Gasteiger partial charge in [-0.1, -0.05) is 60.4 Å². The fourth-order valence-corrected chi connectivity index (χ4v) is 3.54. The second kappa shape index (κ2) is 8.17. The Morgan fingerprint density at radius 2 is 1.93 bits per heavy atom. The van der Waals surface area contributed by atoms with Crippen molar-refractivity contribution in [2.45, 2.75) is 37.9 Å². The number of para-hydroxylation sites is 1. The van der Waals surface area contributed by atoms with Crippen LogP contribution >= 0.6 is 0 Å². The predicted octanol–water partition coefficient (Wildman–Crippen LogP) is 3.03. The van der Waals surface area contributed by atoms with Gasteiger partial charge in [0, 0.05) is 23.4 Å². The Hall–Kier alpha value is -2.62. The van der Waals surface area contributed by atoms with Gasteiger partial charge in [0.05, 0.1) is 23.5 Å². The summed E-state index contributed by atoms with van der Waals surface area (Å²) < 4.78 is 11.4. The van der Waals surface area contributed by atoms with Gasteiger partial charge in [0.1, 0.15) is 6.61 Å². The van der Waals surface area contributed by atoms with E-state index in [0.29, 0.717) is 6.42 Å². The molecule has 4 N–H and O–H groups in total. The van der Waals surface area contributed by atoms with Crippen LogP contribution < -0.4 is 5.73 Å². The minimum atomic E-state index is -0.661. The van der Waals surface area contributed by atoms with Crippen LogP contribution in [0.3, 0.4) is 0 Å². The Labute approximate surface area is 164 Å². The monoisotopic (exact) mass is 376 g/mol. The normalized spacial score (nSPS) is 24.7. The number of nitrogens with two attached hydrogens (primary N) is 1. The van der Waals surface area contributed by atoms with Crippen LogP contribution in [0.15, 0.2) is 54.6 Å². The van der Waals surface area contributed by atoms with Gasteiger partial charge in [-0.05, 0) is 18.6 Å². The molecule has 1 saturated heterocycles. The second-order valence-corrected chi connectivity index (χ2v) is 7.06. The van der Waals surface area contributed by atoms with Crippen LogP contribution in [0.4, 0.5) is 0 Å². The lowest BCUT2D eigenvalue weighted by molar-refractivity contribution is -0.217. The molecule has 1 aromatic heterocycles. The van der Waals surface area contributed by atoms with Crippen molar-refractivity contribution >= 4 is 10.9 Å². The number of aromatic amines is 1. The van der Waals surface area contributed by atoms with E-state index in [1.807, 2.05) is 36.4 Å². The summed E-state index contributed by atoms with van der Waals surface area (Å²) in [5.41, 5.74) is 10.0. The number of aliphatic hydroxyl groups excluding tert-OH is 1. The molecule has 2 aromatic carbocycles. The average Bonchev–Trinajstić information content (AvgIpc) is 3.08. The van der Waals surface area contributed by atoms with Crippen molar-refractivity contribution in [3.05, 3.63) is 60.2 Å². The first-order valence-electron chi connectivity index (χ1n) is 9.49. The van der Waals surface area contributed by atoms with Gasteiger partial charge in [-0.2, -0.15) is 0 Å². The third kappa shape index (κ3) is 3.82. The number of hydrogen-bond acceptors (Lipinski definition) is 4. The topological polar surface area (TPSA) is 80.5 Å². The van der Waals surface area contributed by atoms with E-state index in [-0.39, 0.29) is 18.8 Å². The fourth-order valence-electron chi connectivity index (χ4n) is 3.54. The zero-order valence-electron chi connectivity index (χ0n) is 15.8. The molecule has 4 rings (SSSR count). The van der Waals surface area contributed by atoms with Gasteiger partial charge >= 0.3 is 0 Å². The van der Waals surface area contributed by atoms with Gasteiger partial charge in [0.15, 0.2) is 6.29 Å². The number of aliphatic hydroxyl groups is 1. The number of H-pyrrole nitrogens is 1. The summed E-state index contributed by atoms with van der Waals surface area (Å²) >= 11 is 0. The highest BCUT2D eigenvalue weighted by atomic mass is 16.7. The van der Waals surface area contributed by atoms with Gasteiger partial charge in [-0.15, -0.1) is 0 Å². The highest BCUT2D eigenvalue weighted by molar-refractivity contribution is 5.93. The Morgan fingerprint density at radius 3 is 2.71 bits per heavy atom. The van der Waals surface area contributed by atoms with Crippen molar-refractivity contribution < 1.29 is 14.6 Å². The fraction of sp³-hybridized carbons (Fsp3) is 0.304. The second-order valence-electron chi connectivity index (χ2n) is 7.06. The molecule has 1 fully saturated rings. The molecule has 0 radical (unpaired) electrons. The Balaban J connectivity index is 1.54. The van der Waals surface area contributed by atoms with E-state index in [9.17, 15) is 5.11 Å². The standard InChI is InChI=1S/C23H24N2O3/c1-15-23(26)19(24)14-21(28-15)27-13-7-11-18-17-10-5-6-12-20(17)25-22(18)16-8-3-2-4-9-16/h2-6,8-10,12,15,19,21,23,25-26H,13-14,24H2,1H3/t15-,19-,21+,23-/m0/s1. The first-order valence-corrected chi connectivity index (χ1v) is 9.49. The van der Waals surface area contributed by atoms with E-state index in [0.717, 1.165) is 27.7 Å². The van der Waals surface area contributed by atoms with Crippen molar-refractivity contribution in [1.82, 2.24) is 4.98 Å². The van der Waals surface area contributed by atoms with E-state index in [4.69, 9.17) is 15.2 Å². The van der Waals surface area contributed by atoms with Gasteiger partial charge in [-0.25, -0.2) is 0 Å². The molecule has 0 amide bonds. The van der Waals surface area contributed by atoms with Crippen molar-refractivity contribution in [2.75, 3.05) is 6.61 Å². The number of aromatic nitrogens is 1. The molecule has 3 aromatic rings. The van der Waals surface area contributed by atoms with E-state index in [2.05, 4.69) is 35.0 Å². The Kier molecular flexibility index (Phi) is 5.47. The Morgan fingerprint density at radius 1 is 1.18 bits per heavy atom. The molecule has 0 unspecified atom stereocenters. The molecule has 5 heteroatoms. The molecule has 5 nitrogen and oxygen atoms in total. The summed E-state index contributed by atoms with van der Waals surface area (Å²) in [6, 6.07) is 17.9. The molecule has 144 valence electrons. The first-order chi connectivity index (χ1) is 13.6. The van der Waals surface area contributed by atoms with Gasteiger partial charge in [0.2, 0.25) is 0 Å². The summed E-state index contributed by atoms with van der Waals surface area (Å²) in [6.07, 6.45) is -1.000. The van der Waals surface area contributed by atoms with Crippen molar-refractivity contribution in [3.8, 4) is 23.1 Å². The lowest BCUT2D eigenvalue weighted by Crippen LogP contribution is -2.51. The molecule has 0 spiro atoms. The van der Waals surface area contributed by atoms with Crippen LogP contribution in [0.25, 0.3) is 22.2 Å². The number of nitrogens with one attached hydrogen (secondary N) is 1. The summed E-state index contributed by atoms with van der Waals surface area (Å²) in [5.74, 6) is 6.37. The smallest absolute Gasteiger partial charge is 0.160 e. The van der Waals surface area contributed by atoms with E-state index < -0.39 is 12.4 Å². The van der Waals surface area contributed by atoms with Crippen molar-refractivity contribution in [2.24, 2.45) is 5.73 Å². The van der Waals surface area contributed by atoms with Crippen molar-refractivity contribution in [3.63, 3.8) is 0 Å². The molecular weight excluding hydrogens is 352 g/mol. The number of rotatable bonds is 3. The number of ether oxygens (including phenoxy) is 2. The first kappa shape index (κ1) is 18.7. The zero-order chi connectivity index (χ0) is 19.5. The molecule has 4 atom stereocenters. The number of benzene rings is 2. The summed E-state index contributed by atoms with van der Waals surface area (Å²) in [4.78, 5) is 3.47. The summed E-state index contributed by atoms with van der Waals surface area (Å²) in [5, 5.41) is 10.9. The predicted molar refractivity (Wildman–Crippen MR) is 109 cm³/mol. The molecule has 0 saturated carbocycles. The third-order valence-electron chi connectivity index (χ3n) is 5.07. The molecule has 0 bridgehead atoms. The van der Waals surface area contributed by atoms with E-state index >= 15 is 0 Å².